The van der Waals surface area contributed by atoms with Crippen LogP contribution in [0.4, 0.5) is 0 Å². The molecule has 0 radical (unpaired) electrons. The summed E-state index contributed by atoms with van der Waals surface area (Å²) in [6.07, 6.45) is 7.33. The zero-order valence-corrected chi connectivity index (χ0v) is 12.7. The molecule has 1 atom stereocenters. The van der Waals surface area contributed by atoms with Gasteiger partial charge in [-0.05, 0) is 40.4 Å². The highest BCUT2D eigenvalue weighted by Gasteiger charge is 2.17. The highest BCUT2D eigenvalue weighted by molar-refractivity contribution is 9.10. The number of hydrazine groups is 1. The van der Waals surface area contributed by atoms with E-state index < -0.39 is 0 Å². The fourth-order valence-corrected chi connectivity index (χ4v) is 2.59. The van der Waals surface area contributed by atoms with Crippen molar-refractivity contribution >= 4 is 15.9 Å². The average Bonchev–Trinajstić information content (AvgIpc) is 2.77. The van der Waals surface area contributed by atoms with E-state index >= 15 is 0 Å². The van der Waals surface area contributed by atoms with Crippen LogP contribution >= 0.6 is 15.9 Å². The maximum absolute atomic E-state index is 5.70. The Kier molecular flexibility index (Phi) is 4.68. The van der Waals surface area contributed by atoms with Gasteiger partial charge in [-0.3, -0.25) is 20.9 Å². The molecule has 3 N–H and O–H groups in total. The summed E-state index contributed by atoms with van der Waals surface area (Å²) in [6, 6.07) is 2.10. The molecule has 2 aromatic rings. The van der Waals surface area contributed by atoms with E-state index in [1.807, 2.05) is 24.1 Å². The van der Waals surface area contributed by atoms with Crippen molar-refractivity contribution in [1.82, 2.24) is 20.2 Å². The molecule has 0 aliphatic rings. The lowest BCUT2D eigenvalue weighted by molar-refractivity contribution is 0.547. The van der Waals surface area contributed by atoms with Gasteiger partial charge < -0.3 is 0 Å². The number of aromatic nitrogens is 3. The van der Waals surface area contributed by atoms with Gasteiger partial charge in [-0.1, -0.05) is 6.92 Å². The molecule has 0 bridgehead atoms. The fourth-order valence-electron chi connectivity index (χ4n) is 2.18. The number of nitrogens with two attached hydrogens (primary N) is 1. The highest BCUT2D eigenvalue weighted by Crippen LogP contribution is 2.22. The number of hydrogen-bond acceptors (Lipinski definition) is 4. The van der Waals surface area contributed by atoms with Crippen LogP contribution in [0.1, 0.15) is 29.8 Å². The topological polar surface area (TPSA) is 68.8 Å². The molecule has 0 amide bonds. The van der Waals surface area contributed by atoms with Gasteiger partial charge in [0.2, 0.25) is 0 Å². The number of halogens is 1. The summed E-state index contributed by atoms with van der Waals surface area (Å²) in [5.41, 5.74) is 6.23. The Morgan fingerprint density at radius 3 is 2.89 bits per heavy atom. The van der Waals surface area contributed by atoms with E-state index in [9.17, 15) is 0 Å². The van der Waals surface area contributed by atoms with E-state index in [-0.39, 0.29) is 6.04 Å². The quantitative estimate of drug-likeness (QED) is 0.651. The number of hydrogen-bond donors (Lipinski definition) is 2. The monoisotopic (exact) mass is 323 g/mol. The molecule has 0 aliphatic heterocycles. The van der Waals surface area contributed by atoms with Gasteiger partial charge in [0.25, 0.3) is 0 Å². The van der Waals surface area contributed by atoms with Crippen molar-refractivity contribution < 1.29 is 0 Å². The molecule has 2 rings (SSSR count). The average molecular weight is 324 g/mol. The van der Waals surface area contributed by atoms with E-state index in [2.05, 4.69) is 44.4 Å². The van der Waals surface area contributed by atoms with Crippen molar-refractivity contribution in [2.24, 2.45) is 12.9 Å². The molecular weight excluding hydrogens is 306 g/mol. The standard InChI is InChI=1S/C13H18BrN5/c1-3-12-11(8-19(2)18-12)13(17-15)5-9-4-10(14)7-16-6-9/h4,6-8,13,17H,3,5,15H2,1-2H3. The molecule has 0 saturated carbocycles. The number of nitrogens with one attached hydrogen (secondary N) is 1. The van der Waals surface area contributed by atoms with Gasteiger partial charge >= 0.3 is 0 Å². The first-order valence-corrected chi connectivity index (χ1v) is 7.01. The van der Waals surface area contributed by atoms with Crippen molar-refractivity contribution in [2.45, 2.75) is 25.8 Å². The maximum Gasteiger partial charge on any atom is 0.0670 e. The molecule has 102 valence electrons. The molecule has 19 heavy (non-hydrogen) atoms. The van der Waals surface area contributed by atoms with Gasteiger partial charge in [-0.2, -0.15) is 5.10 Å². The molecule has 2 heterocycles. The van der Waals surface area contributed by atoms with Crippen LogP contribution in [0.2, 0.25) is 0 Å². The third-order valence-electron chi connectivity index (χ3n) is 3.05. The second-order valence-corrected chi connectivity index (χ2v) is 5.41. The van der Waals surface area contributed by atoms with E-state index in [0.717, 1.165) is 34.1 Å². The molecule has 1 unspecified atom stereocenters. The first kappa shape index (κ1) is 14.2. The molecule has 0 aliphatic carbocycles. The Morgan fingerprint density at radius 1 is 1.47 bits per heavy atom. The van der Waals surface area contributed by atoms with Gasteiger partial charge in [0, 0.05) is 35.7 Å². The van der Waals surface area contributed by atoms with Crippen LogP contribution in [-0.2, 0) is 19.9 Å². The number of aryl methyl sites for hydroxylation is 2. The second-order valence-electron chi connectivity index (χ2n) is 4.49. The van der Waals surface area contributed by atoms with Crippen molar-refractivity contribution in [2.75, 3.05) is 0 Å². The normalized spacial score (nSPS) is 12.6. The summed E-state index contributed by atoms with van der Waals surface area (Å²) >= 11 is 3.43. The molecule has 0 spiro atoms. The summed E-state index contributed by atoms with van der Waals surface area (Å²) in [5, 5.41) is 4.45. The van der Waals surface area contributed by atoms with Crippen molar-refractivity contribution in [3.8, 4) is 0 Å². The summed E-state index contributed by atoms with van der Waals surface area (Å²) in [7, 11) is 1.93. The number of rotatable bonds is 5. The smallest absolute Gasteiger partial charge is 0.0670 e. The SMILES string of the molecule is CCc1nn(C)cc1C(Cc1cncc(Br)c1)NN. The molecule has 0 aromatic carbocycles. The van der Waals surface area contributed by atoms with Crippen LogP contribution < -0.4 is 11.3 Å². The predicted octanol–water partition coefficient (Wildman–Crippen LogP) is 1.89. The molecule has 5 nitrogen and oxygen atoms in total. The molecule has 0 fully saturated rings. The third kappa shape index (κ3) is 3.40. The first-order chi connectivity index (χ1) is 9.13. The fraction of sp³-hybridized carbons (Fsp3) is 0.385. The Morgan fingerprint density at radius 2 is 2.26 bits per heavy atom. The van der Waals surface area contributed by atoms with Crippen molar-refractivity contribution in [1.29, 1.82) is 0 Å². The minimum absolute atomic E-state index is 0.0414. The zero-order chi connectivity index (χ0) is 13.8. The first-order valence-electron chi connectivity index (χ1n) is 6.22. The second kappa shape index (κ2) is 6.27. The van der Waals surface area contributed by atoms with E-state index in [4.69, 9.17) is 5.84 Å². The molecule has 6 heteroatoms. The van der Waals surface area contributed by atoms with Gasteiger partial charge in [-0.25, -0.2) is 0 Å². The number of pyridine rings is 1. The zero-order valence-electron chi connectivity index (χ0n) is 11.1. The van der Waals surface area contributed by atoms with Crippen LogP contribution in [0.5, 0.6) is 0 Å². The van der Waals surface area contributed by atoms with Crippen LogP contribution in [-0.4, -0.2) is 14.8 Å². The van der Waals surface area contributed by atoms with Gasteiger partial charge in [0.15, 0.2) is 0 Å². The summed E-state index contributed by atoms with van der Waals surface area (Å²) in [5.74, 6) is 5.70. The summed E-state index contributed by atoms with van der Waals surface area (Å²) in [4.78, 5) is 4.18. The molecular formula is C13H18BrN5. The highest BCUT2D eigenvalue weighted by atomic mass is 79.9. The van der Waals surface area contributed by atoms with Gasteiger partial charge in [0.05, 0.1) is 11.7 Å². The minimum atomic E-state index is 0.0414. The lowest BCUT2D eigenvalue weighted by Crippen LogP contribution is -2.30. The predicted molar refractivity (Wildman–Crippen MR) is 78.3 cm³/mol. The van der Waals surface area contributed by atoms with E-state index in [0.29, 0.717) is 0 Å². The van der Waals surface area contributed by atoms with Crippen molar-refractivity contribution in [3.63, 3.8) is 0 Å². The van der Waals surface area contributed by atoms with Crippen LogP contribution in [0, 0.1) is 0 Å². The van der Waals surface area contributed by atoms with Gasteiger partial charge in [0.1, 0.15) is 0 Å². The number of nitrogens with zero attached hydrogens (tertiary/aromatic N) is 3. The largest absolute Gasteiger partial charge is 0.275 e. The molecule has 2 aromatic heterocycles. The minimum Gasteiger partial charge on any atom is -0.275 e. The van der Waals surface area contributed by atoms with Crippen LogP contribution in [0.3, 0.4) is 0 Å². The Bertz CT molecular complexity index is 552. The lowest BCUT2D eigenvalue weighted by atomic mass is 10.00. The Hall–Kier alpha value is -1.24. The van der Waals surface area contributed by atoms with E-state index in [1.54, 1.807) is 6.20 Å². The lowest BCUT2D eigenvalue weighted by Gasteiger charge is -2.15. The Labute approximate surface area is 121 Å². The third-order valence-corrected chi connectivity index (χ3v) is 3.48. The van der Waals surface area contributed by atoms with Crippen LogP contribution in [0.15, 0.2) is 29.1 Å². The van der Waals surface area contributed by atoms with Gasteiger partial charge in [-0.15, -0.1) is 0 Å². The van der Waals surface area contributed by atoms with E-state index in [1.165, 1.54) is 0 Å². The molecule has 0 saturated heterocycles. The summed E-state index contributed by atoms with van der Waals surface area (Å²) < 4.78 is 2.81. The van der Waals surface area contributed by atoms with Crippen LogP contribution in [0.25, 0.3) is 0 Å². The summed E-state index contributed by atoms with van der Waals surface area (Å²) in [6.45, 7) is 2.10. The Balaban J connectivity index is 2.24. The van der Waals surface area contributed by atoms with Crippen molar-refractivity contribution in [3.05, 3.63) is 46.0 Å². The maximum atomic E-state index is 5.70.